The Hall–Kier alpha value is -1.37. The maximum atomic E-state index is 4.59. The Labute approximate surface area is 91.6 Å². The van der Waals surface area contributed by atoms with Crippen molar-refractivity contribution < 1.29 is 0 Å². The minimum atomic E-state index is 0.163. The summed E-state index contributed by atoms with van der Waals surface area (Å²) >= 11 is 0. The molecule has 15 heavy (non-hydrogen) atoms. The fourth-order valence-corrected chi connectivity index (χ4v) is 1.71. The van der Waals surface area contributed by atoms with Gasteiger partial charge in [-0.15, -0.1) is 0 Å². The molecule has 0 N–H and O–H groups in total. The fraction of sp³-hybridized carbons (Fsp3) is 0.357. The lowest BCUT2D eigenvalue weighted by Crippen LogP contribution is -2.16. The molecule has 1 heterocycles. The van der Waals surface area contributed by atoms with Crippen LogP contribution >= 0.6 is 0 Å². The predicted octanol–water partition coefficient (Wildman–Crippen LogP) is 3.57. The summed E-state index contributed by atoms with van der Waals surface area (Å²) in [6.45, 7) is 7.44. The van der Waals surface area contributed by atoms with Crippen LogP contribution in [0.2, 0.25) is 0 Å². The van der Waals surface area contributed by atoms with Gasteiger partial charge in [0.25, 0.3) is 0 Å². The molecule has 1 aliphatic heterocycles. The molecular formula is C14H17N. The van der Waals surface area contributed by atoms with E-state index in [1.807, 2.05) is 6.07 Å². The third-order valence-electron chi connectivity index (χ3n) is 2.64. The van der Waals surface area contributed by atoms with E-state index in [-0.39, 0.29) is 5.41 Å². The van der Waals surface area contributed by atoms with Gasteiger partial charge >= 0.3 is 0 Å². The Bertz CT molecular complexity index is 405. The number of aliphatic imine (C=N–C) groups is 1. The molecule has 0 unspecified atom stereocenters. The molecule has 0 bridgehead atoms. The maximum absolute atomic E-state index is 4.59. The largest absolute Gasteiger partial charge is 0.284 e. The molecule has 1 aromatic carbocycles. The van der Waals surface area contributed by atoms with Crippen molar-refractivity contribution in [1.29, 1.82) is 0 Å². The van der Waals surface area contributed by atoms with Gasteiger partial charge in [-0.25, -0.2) is 0 Å². The van der Waals surface area contributed by atoms with E-state index in [4.69, 9.17) is 0 Å². The van der Waals surface area contributed by atoms with E-state index in [2.05, 4.69) is 56.1 Å². The van der Waals surface area contributed by atoms with E-state index < -0.39 is 0 Å². The van der Waals surface area contributed by atoms with Gasteiger partial charge in [0.2, 0.25) is 0 Å². The first-order chi connectivity index (χ1) is 7.07. The van der Waals surface area contributed by atoms with Gasteiger partial charge in [0.05, 0.1) is 6.54 Å². The Morgan fingerprint density at radius 1 is 1.07 bits per heavy atom. The summed E-state index contributed by atoms with van der Waals surface area (Å²) in [4.78, 5) is 4.59. The Balaban J connectivity index is 2.25. The first-order valence-electron chi connectivity index (χ1n) is 5.38. The van der Waals surface area contributed by atoms with Crippen LogP contribution in [0.15, 0.2) is 41.4 Å². The third kappa shape index (κ3) is 2.17. The normalized spacial score (nSPS) is 16.2. The molecule has 78 valence electrons. The first kappa shape index (κ1) is 10.2. The van der Waals surface area contributed by atoms with Crippen LogP contribution in [0, 0.1) is 5.41 Å². The minimum Gasteiger partial charge on any atom is -0.284 e. The maximum Gasteiger partial charge on any atom is 0.0649 e. The number of benzene rings is 1. The molecule has 0 atom stereocenters. The summed E-state index contributed by atoms with van der Waals surface area (Å²) in [5.41, 5.74) is 4.00. The monoisotopic (exact) mass is 199 g/mol. The van der Waals surface area contributed by atoms with Crippen molar-refractivity contribution in [1.82, 2.24) is 0 Å². The van der Waals surface area contributed by atoms with Gasteiger partial charge in [-0.3, -0.25) is 4.99 Å². The Kier molecular flexibility index (Phi) is 2.47. The highest BCUT2D eigenvalue weighted by molar-refractivity contribution is 6.07. The number of allylic oxidation sites excluding steroid dienone is 1. The number of hydrogen-bond donors (Lipinski definition) is 0. The van der Waals surface area contributed by atoms with Crippen molar-refractivity contribution in [3.05, 3.63) is 42.0 Å². The number of rotatable bonds is 1. The van der Waals surface area contributed by atoms with Crippen LogP contribution in [-0.4, -0.2) is 12.3 Å². The van der Waals surface area contributed by atoms with Crippen LogP contribution < -0.4 is 0 Å². The lowest BCUT2D eigenvalue weighted by molar-refractivity contribution is 0.594. The summed E-state index contributed by atoms with van der Waals surface area (Å²) in [5.74, 6) is 0. The van der Waals surface area contributed by atoms with Crippen molar-refractivity contribution in [2.45, 2.75) is 20.8 Å². The highest BCUT2D eigenvalue weighted by atomic mass is 14.8. The zero-order chi connectivity index (χ0) is 10.9. The van der Waals surface area contributed by atoms with Crippen molar-refractivity contribution in [2.75, 3.05) is 6.54 Å². The summed E-state index contributed by atoms with van der Waals surface area (Å²) in [5, 5.41) is 0. The van der Waals surface area contributed by atoms with Crippen molar-refractivity contribution in [2.24, 2.45) is 10.4 Å². The molecule has 0 amide bonds. The lowest BCUT2D eigenvalue weighted by Gasteiger charge is -2.16. The predicted molar refractivity (Wildman–Crippen MR) is 66.2 cm³/mol. The van der Waals surface area contributed by atoms with Gasteiger partial charge in [0, 0.05) is 11.1 Å². The van der Waals surface area contributed by atoms with Gasteiger partial charge in [-0.2, -0.15) is 0 Å². The van der Waals surface area contributed by atoms with Crippen LogP contribution in [0.5, 0.6) is 0 Å². The quantitative estimate of drug-likeness (QED) is 0.655. The molecule has 0 aromatic heterocycles. The van der Waals surface area contributed by atoms with E-state index in [0.29, 0.717) is 0 Å². The van der Waals surface area contributed by atoms with Crippen LogP contribution in [-0.2, 0) is 0 Å². The molecule has 1 nitrogen and oxygen atoms in total. The molecule has 1 aromatic rings. The topological polar surface area (TPSA) is 12.4 Å². The highest BCUT2D eigenvalue weighted by Crippen LogP contribution is 2.26. The molecular weight excluding hydrogens is 182 g/mol. The van der Waals surface area contributed by atoms with E-state index in [1.54, 1.807) is 0 Å². The summed E-state index contributed by atoms with van der Waals surface area (Å²) in [6, 6.07) is 10.5. The van der Waals surface area contributed by atoms with Crippen molar-refractivity contribution in [3.63, 3.8) is 0 Å². The number of nitrogens with zero attached hydrogens (tertiary/aromatic N) is 1. The van der Waals surface area contributed by atoms with E-state index in [0.717, 1.165) is 6.54 Å². The average molecular weight is 199 g/mol. The second-order valence-electron chi connectivity index (χ2n) is 4.99. The molecule has 0 aliphatic carbocycles. The zero-order valence-corrected chi connectivity index (χ0v) is 9.62. The average Bonchev–Trinajstić information content (AvgIpc) is 2.67. The molecule has 2 rings (SSSR count). The standard InChI is InChI=1S/C14H17N/c1-14(2,3)13-9-12(10-15-13)11-7-5-4-6-8-11/h4-9H,10H2,1-3H3. The van der Waals surface area contributed by atoms with Crippen LogP contribution in [0.1, 0.15) is 26.3 Å². The Morgan fingerprint density at radius 3 is 2.27 bits per heavy atom. The van der Waals surface area contributed by atoms with Crippen LogP contribution in [0.3, 0.4) is 0 Å². The van der Waals surface area contributed by atoms with E-state index >= 15 is 0 Å². The molecule has 0 saturated carbocycles. The SMILES string of the molecule is CC(C)(C)C1=NCC(c2ccccc2)=C1. The van der Waals surface area contributed by atoms with Crippen LogP contribution in [0.25, 0.3) is 5.57 Å². The van der Waals surface area contributed by atoms with E-state index in [1.165, 1.54) is 16.8 Å². The summed E-state index contributed by atoms with van der Waals surface area (Å²) in [7, 11) is 0. The summed E-state index contributed by atoms with van der Waals surface area (Å²) in [6.07, 6.45) is 2.23. The number of hydrogen-bond acceptors (Lipinski definition) is 1. The Morgan fingerprint density at radius 2 is 1.73 bits per heavy atom. The van der Waals surface area contributed by atoms with Gasteiger partial charge in [0.15, 0.2) is 0 Å². The molecule has 0 saturated heterocycles. The van der Waals surface area contributed by atoms with E-state index in [9.17, 15) is 0 Å². The van der Waals surface area contributed by atoms with Crippen molar-refractivity contribution >= 4 is 11.3 Å². The minimum absolute atomic E-state index is 0.163. The molecule has 0 spiro atoms. The molecule has 1 heteroatoms. The van der Waals surface area contributed by atoms with Gasteiger partial charge in [-0.1, -0.05) is 51.1 Å². The summed E-state index contributed by atoms with van der Waals surface area (Å²) < 4.78 is 0. The fourth-order valence-electron chi connectivity index (χ4n) is 1.71. The second-order valence-corrected chi connectivity index (χ2v) is 4.99. The third-order valence-corrected chi connectivity index (χ3v) is 2.64. The molecule has 0 fully saturated rings. The highest BCUT2D eigenvalue weighted by Gasteiger charge is 2.21. The zero-order valence-electron chi connectivity index (χ0n) is 9.62. The molecule has 0 radical (unpaired) electrons. The smallest absolute Gasteiger partial charge is 0.0649 e. The van der Waals surface area contributed by atoms with Crippen molar-refractivity contribution in [3.8, 4) is 0 Å². The second kappa shape index (κ2) is 3.65. The van der Waals surface area contributed by atoms with Gasteiger partial charge in [-0.05, 0) is 17.2 Å². The van der Waals surface area contributed by atoms with Gasteiger partial charge < -0.3 is 0 Å². The lowest BCUT2D eigenvalue weighted by atomic mass is 9.89. The van der Waals surface area contributed by atoms with Gasteiger partial charge in [0.1, 0.15) is 0 Å². The van der Waals surface area contributed by atoms with Crippen LogP contribution in [0.4, 0.5) is 0 Å². The molecule has 1 aliphatic rings. The first-order valence-corrected chi connectivity index (χ1v) is 5.38.